The van der Waals surface area contributed by atoms with Gasteiger partial charge in [0.15, 0.2) is 0 Å². The molecule has 0 saturated heterocycles. The quantitative estimate of drug-likeness (QED) is 0.832. The monoisotopic (exact) mass is 294 g/mol. The number of nitrogens with one attached hydrogen (secondary N) is 2. The molecule has 0 saturated carbocycles. The number of likely N-dealkylation sites (N-methyl/N-ethyl adjacent to an activating group) is 1. The molecule has 4 nitrogen and oxygen atoms in total. The molecule has 2 aromatic carbocycles. The van der Waals surface area contributed by atoms with Crippen molar-refractivity contribution in [2.24, 2.45) is 0 Å². The van der Waals surface area contributed by atoms with E-state index in [-0.39, 0.29) is 18.3 Å². The average molecular weight is 295 g/mol. The summed E-state index contributed by atoms with van der Waals surface area (Å²) >= 11 is 0. The van der Waals surface area contributed by atoms with Crippen molar-refractivity contribution in [3.8, 4) is 5.75 Å². The number of fused-ring (bicyclic) bond motifs is 1. The molecular formula is C15H19ClN2O2. The lowest BCUT2D eigenvalue weighted by Gasteiger charge is -2.10. The molecule has 0 aliphatic carbocycles. The molecule has 5 heteroatoms. The Balaban J connectivity index is 0.00000200. The van der Waals surface area contributed by atoms with Crippen LogP contribution < -0.4 is 15.4 Å². The van der Waals surface area contributed by atoms with Gasteiger partial charge in [0.25, 0.3) is 5.91 Å². The van der Waals surface area contributed by atoms with E-state index in [1.54, 1.807) is 13.2 Å². The Morgan fingerprint density at radius 3 is 2.45 bits per heavy atom. The molecule has 0 unspecified atom stereocenters. The number of ether oxygens (including phenoxy) is 1. The van der Waals surface area contributed by atoms with E-state index in [1.807, 2.05) is 37.4 Å². The summed E-state index contributed by atoms with van der Waals surface area (Å²) in [6, 6.07) is 11.4. The Labute approximate surface area is 124 Å². The number of amides is 1. The van der Waals surface area contributed by atoms with Crippen molar-refractivity contribution in [3.05, 3.63) is 42.0 Å². The van der Waals surface area contributed by atoms with Crippen LogP contribution in [0.4, 0.5) is 0 Å². The highest BCUT2D eigenvalue weighted by Gasteiger charge is 2.11. The van der Waals surface area contributed by atoms with Gasteiger partial charge < -0.3 is 15.4 Å². The zero-order valence-electron chi connectivity index (χ0n) is 11.6. The zero-order valence-corrected chi connectivity index (χ0v) is 12.4. The first-order chi connectivity index (χ1) is 9.27. The molecule has 2 rings (SSSR count). The molecule has 1 amide bonds. The topological polar surface area (TPSA) is 50.4 Å². The minimum atomic E-state index is -0.0610. The molecule has 108 valence electrons. The molecule has 0 heterocycles. The molecule has 0 aromatic heterocycles. The van der Waals surface area contributed by atoms with Gasteiger partial charge in [0.1, 0.15) is 5.75 Å². The summed E-state index contributed by atoms with van der Waals surface area (Å²) in [6.07, 6.45) is 0. The Bertz CT molecular complexity index is 587. The van der Waals surface area contributed by atoms with Crippen LogP contribution in [0.5, 0.6) is 5.75 Å². The van der Waals surface area contributed by atoms with Crippen LogP contribution >= 0.6 is 12.4 Å². The molecular weight excluding hydrogens is 276 g/mol. The smallest absolute Gasteiger partial charge is 0.251 e. The average Bonchev–Trinajstić information content (AvgIpc) is 2.46. The maximum absolute atomic E-state index is 12.2. The Kier molecular flexibility index (Phi) is 6.28. The Morgan fingerprint density at radius 1 is 1.10 bits per heavy atom. The molecule has 2 N–H and O–H groups in total. The number of carbonyl (C=O) groups is 1. The van der Waals surface area contributed by atoms with Crippen LogP contribution in [-0.2, 0) is 0 Å². The van der Waals surface area contributed by atoms with Crippen LogP contribution in [0.1, 0.15) is 10.4 Å². The van der Waals surface area contributed by atoms with Gasteiger partial charge in [-0.25, -0.2) is 0 Å². The van der Waals surface area contributed by atoms with Gasteiger partial charge in [-0.2, -0.15) is 0 Å². The molecule has 2 aromatic rings. The fourth-order valence-corrected chi connectivity index (χ4v) is 2.04. The van der Waals surface area contributed by atoms with Gasteiger partial charge in [-0.05, 0) is 24.6 Å². The Hall–Kier alpha value is -1.78. The van der Waals surface area contributed by atoms with Crippen molar-refractivity contribution in [2.75, 3.05) is 27.2 Å². The summed E-state index contributed by atoms with van der Waals surface area (Å²) in [5.41, 5.74) is 0.674. The van der Waals surface area contributed by atoms with Gasteiger partial charge >= 0.3 is 0 Å². The lowest BCUT2D eigenvalue weighted by Crippen LogP contribution is -2.30. The van der Waals surface area contributed by atoms with Gasteiger partial charge in [-0.15, -0.1) is 12.4 Å². The minimum Gasteiger partial charge on any atom is -0.496 e. The third-order valence-corrected chi connectivity index (χ3v) is 3.01. The second-order valence-corrected chi connectivity index (χ2v) is 4.22. The van der Waals surface area contributed by atoms with E-state index in [0.717, 1.165) is 23.1 Å². The summed E-state index contributed by atoms with van der Waals surface area (Å²) in [4.78, 5) is 12.2. The van der Waals surface area contributed by atoms with Gasteiger partial charge in [-0.1, -0.05) is 24.3 Å². The highest BCUT2D eigenvalue weighted by Crippen LogP contribution is 2.28. The molecule has 0 fully saturated rings. The lowest BCUT2D eigenvalue weighted by atomic mass is 10.0. The van der Waals surface area contributed by atoms with E-state index < -0.39 is 0 Å². The lowest BCUT2D eigenvalue weighted by molar-refractivity contribution is 0.0956. The first kappa shape index (κ1) is 16.3. The summed E-state index contributed by atoms with van der Waals surface area (Å²) in [6.45, 7) is 1.36. The number of halogens is 1. The van der Waals surface area contributed by atoms with Crippen molar-refractivity contribution >= 4 is 29.1 Å². The van der Waals surface area contributed by atoms with E-state index in [4.69, 9.17) is 4.74 Å². The molecule has 0 spiro atoms. The zero-order chi connectivity index (χ0) is 13.7. The SMILES string of the molecule is CNCCNC(=O)c1ccc(OC)c2ccccc12.Cl. The van der Waals surface area contributed by atoms with Crippen molar-refractivity contribution < 1.29 is 9.53 Å². The predicted octanol–water partition coefficient (Wildman–Crippen LogP) is 2.22. The van der Waals surface area contributed by atoms with Crippen LogP contribution in [0.15, 0.2) is 36.4 Å². The van der Waals surface area contributed by atoms with Crippen LogP contribution in [-0.4, -0.2) is 33.2 Å². The summed E-state index contributed by atoms with van der Waals surface area (Å²) < 4.78 is 5.32. The van der Waals surface area contributed by atoms with E-state index in [2.05, 4.69) is 10.6 Å². The maximum Gasteiger partial charge on any atom is 0.251 e. The molecule has 0 bridgehead atoms. The molecule has 0 aliphatic rings. The first-order valence-electron chi connectivity index (χ1n) is 6.26. The van der Waals surface area contributed by atoms with Gasteiger partial charge in [0.05, 0.1) is 7.11 Å². The maximum atomic E-state index is 12.2. The van der Waals surface area contributed by atoms with E-state index >= 15 is 0 Å². The van der Waals surface area contributed by atoms with Crippen LogP contribution in [0.3, 0.4) is 0 Å². The van der Waals surface area contributed by atoms with Crippen molar-refractivity contribution in [1.82, 2.24) is 10.6 Å². The standard InChI is InChI=1S/C15H18N2O2.ClH/c1-16-9-10-17-15(18)13-7-8-14(19-2)12-6-4-3-5-11(12)13;/h3-8,16H,9-10H2,1-2H3,(H,17,18);1H. The number of rotatable bonds is 5. The highest BCUT2D eigenvalue weighted by atomic mass is 35.5. The van der Waals surface area contributed by atoms with Gasteiger partial charge in [0, 0.05) is 24.0 Å². The van der Waals surface area contributed by atoms with Gasteiger partial charge in [-0.3, -0.25) is 4.79 Å². The molecule has 0 atom stereocenters. The largest absolute Gasteiger partial charge is 0.496 e. The first-order valence-corrected chi connectivity index (χ1v) is 6.26. The highest BCUT2D eigenvalue weighted by molar-refractivity contribution is 6.08. The van der Waals surface area contributed by atoms with E-state index in [0.29, 0.717) is 12.1 Å². The van der Waals surface area contributed by atoms with Crippen molar-refractivity contribution in [3.63, 3.8) is 0 Å². The van der Waals surface area contributed by atoms with Crippen LogP contribution in [0, 0.1) is 0 Å². The number of methoxy groups -OCH3 is 1. The van der Waals surface area contributed by atoms with Crippen molar-refractivity contribution in [2.45, 2.75) is 0 Å². The predicted molar refractivity (Wildman–Crippen MR) is 84.0 cm³/mol. The summed E-state index contributed by atoms with van der Waals surface area (Å²) in [7, 11) is 3.49. The third-order valence-electron chi connectivity index (χ3n) is 3.01. The summed E-state index contributed by atoms with van der Waals surface area (Å²) in [5, 5.41) is 7.74. The van der Waals surface area contributed by atoms with Crippen molar-refractivity contribution in [1.29, 1.82) is 0 Å². The van der Waals surface area contributed by atoms with E-state index in [9.17, 15) is 4.79 Å². The third kappa shape index (κ3) is 3.40. The fourth-order valence-electron chi connectivity index (χ4n) is 2.04. The van der Waals surface area contributed by atoms with Gasteiger partial charge in [0.2, 0.25) is 0 Å². The molecule has 20 heavy (non-hydrogen) atoms. The normalized spacial score (nSPS) is 9.90. The number of benzene rings is 2. The second-order valence-electron chi connectivity index (χ2n) is 4.22. The number of hydrogen-bond donors (Lipinski definition) is 2. The number of carbonyl (C=O) groups excluding carboxylic acids is 1. The summed E-state index contributed by atoms with van der Waals surface area (Å²) in [5.74, 6) is 0.719. The minimum absolute atomic E-state index is 0. The number of hydrogen-bond acceptors (Lipinski definition) is 3. The van der Waals surface area contributed by atoms with Crippen LogP contribution in [0.2, 0.25) is 0 Å². The second kappa shape index (κ2) is 7.72. The fraction of sp³-hybridized carbons (Fsp3) is 0.267. The Morgan fingerprint density at radius 2 is 1.80 bits per heavy atom. The molecule has 0 radical (unpaired) electrons. The molecule has 0 aliphatic heterocycles. The van der Waals surface area contributed by atoms with E-state index in [1.165, 1.54) is 0 Å². The van der Waals surface area contributed by atoms with Crippen LogP contribution in [0.25, 0.3) is 10.8 Å².